The van der Waals surface area contributed by atoms with Gasteiger partial charge in [-0.05, 0) is 38.3 Å². The summed E-state index contributed by atoms with van der Waals surface area (Å²) in [5, 5.41) is 16.3. The van der Waals surface area contributed by atoms with Gasteiger partial charge in [0.05, 0.1) is 5.69 Å². The van der Waals surface area contributed by atoms with E-state index in [0.29, 0.717) is 6.61 Å². The smallest absolute Gasteiger partial charge is 0.0522 e. The van der Waals surface area contributed by atoms with E-state index in [4.69, 9.17) is 5.11 Å². The van der Waals surface area contributed by atoms with Crippen molar-refractivity contribution < 1.29 is 5.11 Å². The highest BCUT2D eigenvalue weighted by Gasteiger charge is 2.00. The predicted octanol–water partition coefficient (Wildman–Crippen LogP) is 1.55. The van der Waals surface area contributed by atoms with Gasteiger partial charge in [0.1, 0.15) is 0 Å². The molecule has 1 rings (SSSR count). The third kappa shape index (κ3) is 4.77. The molecular weight excluding hydrogens is 202 g/mol. The van der Waals surface area contributed by atoms with E-state index in [1.165, 1.54) is 5.69 Å². The minimum atomic E-state index is 0.309. The summed E-state index contributed by atoms with van der Waals surface area (Å²) in [6, 6.07) is 2.07. The second kappa shape index (κ2) is 8.30. The Kier molecular flexibility index (Phi) is 6.85. The summed E-state index contributed by atoms with van der Waals surface area (Å²) in [5.74, 6) is 0. The van der Waals surface area contributed by atoms with Gasteiger partial charge in [-0.2, -0.15) is 5.10 Å². The van der Waals surface area contributed by atoms with Gasteiger partial charge in [0.15, 0.2) is 0 Å². The van der Waals surface area contributed by atoms with Crippen LogP contribution in [0.4, 0.5) is 0 Å². The summed E-state index contributed by atoms with van der Waals surface area (Å²) >= 11 is 0. The normalized spacial score (nSPS) is 10.9. The highest BCUT2D eigenvalue weighted by atomic mass is 16.2. The van der Waals surface area contributed by atoms with E-state index in [2.05, 4.69) is 28.1 Å². The van der Waals surface area contributed by atoms with Gasteiger partial charge in [-0.3, -0.25) is 4.68 Å². The van der Waals surface area contributed by atoms with Crippen LogP contribution in [-0.4, -0.2) is 28.0 Å². The number of aromatic nitrogens is 2. The molecule has 16 heavy (non-hydrogen) atoms. The molecule has 92 valence electrons. The average Bonchev–Trinajstić information content (AvgIpc) is 2.72. The Balaban J connectivity index is 2.13. The molecule has 0 aromatic carbocycles. The molecule has 0 spiro atoms. The first kappa shape index (κ1) is 13.2. The van der Waals surface area contributed by atoms with Gasteiger partial charge in [-0.1, -0.05) is 6.92 Å². The largest absolute Gasteiger partial charge is 0.396 e. The first-order valence-corrected chi connectivity index (χ1v) is 6.20. The van der Waals surface area contributed by atoms with Crippen LogP contribution in [0.3, 0.4) is 0 Å². The van der Waals surface area contributed by atoms with Crippen molar-refractivity contribution in [2.45, 2.75) is 45.7 Å². The number of rotatable bonds is 9. The van der Waals surface area contributed by atoms with Gasteiger partial charge in [-0.15, -0.1) is 0 Å². The third-order valence-corrected chi connectivity index (χ3v) is 2.56. The molecule has 0 atom stereocenters. The Morgan fingerprint density at radius 2 is 2.25 bits per heavy atom. The summed E-state index contributed by atoms with van der Waals surface area (Å²) < 4.78 is 2.06. The molecule has 2 N–H and O–H groups in total. The van der Waals surface area contributed by atoms with E-state index in [1.807, 2.05) is 6.20 Å². The molecule has 0 bridgehead atoms. The number of hydrogen-bond donors (Lipinski definition) is 2. The fourth-order valence-electron chi connectivity index (χ4n) is 1.68. The summed E-state index contributed by atoms with van der Waals surface area (Å²) in [6.07, 6.45) is 6.11. The zero-order valence-electron chi connectivity index (χ0n) is 10.2. The lowest BCUT2D eigenvalue weighted by atomic mass is 10.2. The maximum atomic E-state index is 8.64. The summed E-state index contributed by atoms with van der Waals surface area (Å²) in [5.41, 5.74) is 1.25. The molecule has 0 saturated heterocycles. The fraction of sp³-hybridized carbons (Fsp3) is 0.750. The molecule has 4 nitrogen and oxygen atoms in total. The van der Waals surface area contributed by atoms with Crippen LogP contribution in [0, 0.1) is 0 Å². The molecule has 0 saturated carbocycles. The number of aliphatic hydroxyl groups is 1. The van der Waals surface area contributed by atoms with Crippen LogP contribution in [0.15, 0.2) is 12.3 Å². The van der Waals surface area contributed by atoms with Gasteiger partial charge in [-0.25, -0.2) is 0 Å². The van der Waals surface area contributed by atoms with Crippen molar-refractivity contribution in [2.24, 2.45) is 0 Å². The molecule has 0 aliphatic carbocycles. The van der Waals surface area contributed by atoms with Crippen molar-refractivity contribution in [3.8, 4) is 0 Å². The number of unbranched alkanes of at least 4 members (excludes halogenated alkanes) is 2. The summed E-state index contributed by atoms with van der Waals surface area (Å²) in [6.45, 7) is 5.36. The monoisotopic (exact) mass is 225 g/mol. The lowest BCUT2D eigenvalue weighted by molar-refractivity contribution is 0.283. The molecule has 0 radical (unpaired) electrons. The van der Waals surface area contributed by atoms with Crippen molar-refractivity contribution in [3.05, 3.63) is 18.0 Å². The van der Waals surface area contributed by atoms with Gasteiger partial charge < -0.3 is 10.4 Å². The Labute approximate surface area is 97.7 Å². The number of nitrogens with one attached hydrogen (secondary N) is 1. The molecule has 4 heteroatoms. The zero-order valence-corrected chi connectivity index (χ0v) is 10.2. The second-order valence-corrected chi connectivity index (χ2v) is 4.01. The van der Waals surface area contributed by atoms with Crippen LogP contribution in [-0.2, 0) is 13.1 Å². The molecular formula is C12H23N3O. The van der Waals surface area contributed by atoms with E-state index < -0.39 is 0 Å². The van der Waals surface area contributed by atoms with Gasteiger partial charge >= 0.3 is 0 Å². The summed E-state index contributed by atoms with van der Waals surface area (Å²) in [4.78, 5) is 0. The standard InChI is InChI=1S/C12H23N3O/c1-2-9-15-12(6-8-14-15)11-13-7-4-3-5-10-16/h6,8,13,16H,2-5,7,9-11H2,1H3. The number of nitrogens with zero attached hydrogens (tertiary/aromatic N) is 2. The lowest BCUT2D eigenvalue weighted by Gasteiger charge is -2.07. The van der Waals surface area contributed by atoms with Crippen molar-refractivity contribution in [2.75, 3.05) is 13.2 Å². The molecule has 0 aliphatic heterocycles. The van der Waals surface area contributed by atoms with E-state index in [9.17, 15) is 0 Å². The molecule has 1 aromatic rings. The number of aryl methyl sites for hydroxylation is 1. The molecule has 0 aliphatic rings. The molecule has 0 amide bonds. The van der Waals surface area contributed by atoms with E-state index in [0.717, 1.165) is 45.3 Å². The molecule has 1 aromatic heterocycles. The number of hydrogen-bond acceptors (Lipinski definition) is 3. The van der Waals surface area contributed by atoms with Crippen molar-refractivity contribution in [1.29, 1.82) is 0 Å². The van der Waals surface area contributed by atoms with E-state index in [-0.39, 0.29) is 0 Å². The Bertz CT molecular complexity index is 273. The van der Waals surface area contributed by atoms with Gasteiger partial charge in [0.2, 0.25) is 0 Å². The van der Waals surface area contributed by atoms with Crippen LogP contribution in [0.1, 0.15) is 38.3 Å². The van der Waals surface area contributed by atoms with Crippen molar-refractivity contribution >= 4 is 0 Å². The molecule has 1 heterocycles. The van der Waals surface area contributed by atoms with E-state index in [1.54, 1.807) is 0 Å². The zero-order chi connectivity index (χ0) is 11.6. The van der Waals surface area contributed by atoms with Crippen LogP contribution < -0.4 is 5.32 Å². The number of aliphatic hydroxyl groups excluding tert-OH is 1. The first-order chi connectivity index (χ1) is 7.88. The van der Waals surface area contributed by atoms with Crippen LogP contribution in [0.25, 0.3) is 0 Å². The van der Waals surface area contributed by atoms with Gasteiger partial charge in [0.25, 0.3) is 0 Å². The van der Waals surface area contributed by atoms with Crippen LogP contribution in [0.2, 0.25) is 0 Å². The highest BCUT2D eigenvalue weighted by molar-refractivity contribution is 4.99. The minimum absolute atomic E-state index is 0.309. The second-order valence-electron chi connectivity index (χ2n) is 4.01. The third-order valence-electron chi connectivity index (χ3n) is 2.56. The molecule has 0 fully saturated rings. The topological polar surface area (TPSA) is 50.1 Å². The highest BCUT2D eigenvalue weighted by Crippen LogP contribution is 2.00. The molecule has 0 unspecified atom stereocenters. The minimum Gasteiger partial charge on any atom is -0.396 e. The average molecular weight is 225 g/mol. The summed E-state index contributed by atoms with van der Waals surface area (Å²) in [7, 11) is 0. The van der Waals surface area contributed by atoms with E-state index >= 15 is 0 Å². The van der Waals surface area contributed by atoms with Crippen molar-refractivity contribution in [3.63, 3.8) is 0 Å². The Morgan fingerprint density at radius 3 is 3.00 bits per heavy atom. The quantitative estimate of drug-likeness (QED) is 0.627. The maximum Gasteiger partial charge on any atom is 0.0522 e. The maximum absolute atomic E-state index is 8.64. The van der Waals surface area contributed by atoms with Crippen LogP contribution in [0.5, 0.6) is 0 Å². The van der Waals surface area contributed by atoms with Crippen LogP contribution >= 0.6 is 0 Å². The Morgan fingerprint density at radius 1 is 1.38 bits per heavy atom. The first-order valence-electron chi connectivity index (χ1n) is 6.20. The lowest BCUT2D eigenvalue weighted by Crippen LogP contribution is -2.18. The van der Waals surface area contributed by atoms with Gasteiger partial charge in [0, 0.05) is 25.9 Å². The Hall–Kier alpha value is -0.870. The predicted molar refractivity (Wildman–Crippen MR) is 65.2 cm³/mol. The van der Waals surface area contributed by atoms with Crippen molar-refractivity contribution in [1.82, 2.24) is 15.1 Å². The fourth-order valence-corrected chi connectivity index (χ4v) is 1.68. The SMILES string of the molecule is CCCn1nccc1CNCCCCCO.